The van der Waals surface area contributed by atoms with Crippen LogP contribution < -0.4 is 10.2 Å². The summed E-state index contributed by atoms with van der Waals surface area (Å²) in [5.41, 5.74) is 0.965. The maximum atomic E-state index is 13.3. The number of piperidine rings is 1. The molecule has 1 aliphatic rings. The van der Waals surface area contributed by atoms with Crippen LogP contribution in [0.25, 0.3) is 0 Å². The Balaban J connectivity index is 2.20. The standard InChI is InChI=1S/C13H18BrFN2/c1-9-7-11(16-2)5-6-17(9)13-8-10(15)3-4-12(13)14/h3-4,8-9,11,16H,5-7H2,1-2H3. The predicted molar refractivity (Wildman–Crippen MR) is 73.0 cm³/mol. The fourth-order valence-electron chi connectivity index (χ4n) is 2.50. The van der Waals surface area contributed by atoms with Gasteiger partial charge in [-0.05, 0) is 60.9 Å². The number of anilines is 1. The van der Waals surface area contributed by atoms with Crippen LogP contribution in [0.5, 0.6) is 0 Å². The van der Waals surface area contributed by atoms with Gasteiger partial charge in [0.15, 0.2) is 0 Å². The largest absolute Gasteiger partial charge is 0.368 e. The van der Waals surface area contributed by atoms with Crippen LogP contribution in [-0.4, -0.2) is 25.7 Å². The molecular weight excluding hydrogens is 283 g/mol. The van der Waals surface area contributed by atoms with Gasteiger partial charge in [-0.25, -0.2) is 4.39 Å². The van der Waals surface area contributed by atoms with Crippen molar-refractivity contribution in [2.45, 2.75) is 31.8 Å². The average molecular weight is 301 g/mol. The van der Waals surface area contributed by atoms with E-state index in [-0.39, 0.29) is 5.82 Å². The van der Waals surface area contributed by atoms with Gasteiger partial charge < -0.3 is 10.2 Å². The van der Waals surface area contributed by atoms with Crippen LogP contribution >= 0.6 is 15.9 Å². The lowest BCUT2D eigenvalue weighted by Gasteiger charge is -2.39. The van der Waals surface area contributed by atoms with Crippen LogP contribution in [0.15, 0.2) is 22.7 Å². The first-order chi connectivity index (χ1) is 8.11. The van der Waals surface area contributed by atoms with Crippen molar-refractivity contribution in [3.05, 3.63) is 28.5 Å². The lowest BCUT2D eigenvalue weighted by atomic mass is 9.98. The van der Waals surface area contributed by atoms with Gasteiger partial charge in [-0.2, -0.15) is 0 Å². The minimum absolute atomic E-state index is 0.175. The highest BCUT2D eigenvalue weighted by Crippen LogP contribution is 2.31. The van der Waals surface area contributed by atoms with Crippen LogP contribution in [0.3, 0.4) is 0 Å². The zero-order valence-electron chi connectivity index (χ0n) is 10.2. The third kappa shape index (κ3) is 2.80. The van der Waals surface area contributed by atoms with Gasteiger partial charge in [0, 0.05) is 23.1 Å². The van der Waals surface area contributed by atoms with Gasteiger partial charge in [-0.1, -0.05) is 0 Å². The van der Waals surface area contributed by atoms with E-state index < -0.39 is 0 Å². The first kappa shape index (κ1) is 12.8. The number of benzene rings is 1. The zero-order chi connectivity index (χ0) is 12.4. The monoisotopic (exact) mass is 300 g/mol. The molecule has 1 fully saturated rings. The minimum atomic E-state index is -0.175. The Morgan fingerprint density at radius 3 is 2.88 bits per heavy atom. The summed E-state index contributed by atoms with van der Waals surface area (Å²) in [6, 6.07) is 5.88. The molecule has 0 aromatic heterocycles. The van der Waals surface area contributed by atoms with Crippen molar-refractivity contribution in [2.24, 2.45) is 0 Å². The quantitative estimate of drug-likeness (QED) is 0.902. The van der Waals surface area contributed by atoms with Crippen molar-refractivity contribution in [3.63, 3.8) is 0 Å². The Morgan fingerprint density at radius 1 is 1.47 bits per heavy atom. The number of nitrogens with one attached hydrogen (secondary N) is 1. The average Bonchev–Trinajstić information content (AvgIpc) is 2.32. The first-order valence-corrected chi connectivity index (χ1v) is 6.80. The second-order valence-corrected chi connectivity index (χ2v) is 5.50. The highest BCUT2D eigenvalue weighted by Gasteiger charge is 2.25. The fraction of sp³-hybridized carbons (Fsp3) is 0.538. The molecular formula is C13H18BrFN2. The van der Waals surface area contributed by atoms with E-state index in [0.29, 0.717) is 12.1 Å². The fourth-order valence-corrected chi connectivity index (χ4v) is 2.97. The van der Waals surface area contributed by atoms with Crippen LogP contribution in [0.1, 0.15) is 19.8 Å². The van der Waals surface area contributed by atoms with Gasteiger partial charge in [0.05, 0.1) is 5.69 Å². The van der Waals surface area contributed by atoms with Gasteiger partial charge in [0.1, 0.15) is 5.82 Å². The Morgan fingerprint density at radius 2 is 2.24 bits per heavy atom. The number of hydrogen-bond donors (Lipinski definition) is 1. The molecule has 0 bridgehead atoms. The molecule has 1 saturated heterocycles. The summed E-state index contributed by atoms with van der Waals surface area (Å²) >= 11 is 3.50. The van der Waals surface area contributed by atoms with E-state index in [4.69, 9.17) is 0 Å². The summed E-state index contributed by atoms with van der Waals surface area (Å²) in [4.78, 5) is 2.28. The number of nitrogens with zero attached hydrogens (tertiary/aromatic N) is 1. The molecule has 0 saturated carbocycles. The Labute approximate surface area is 110 Å². The summed E-state index contributed by atoms with van der Waals surface area (Å²) in [7, 11) is 2.01. The Kier molecular flexibility index (Phi) is 4.05. The lowest BCUT2D eigenvalue weighted by molar-refractivity contribution is 0.386. The summed E-state index contributed by atoms with van der Waals surface area (Å²) in [5.74, 6) is -0.175. The van der Waals surface area contributed by atoms with E-state index in [1.165, 1.54) is 6.07 Å². The first-order valence-electron chi connectivity index (χ1n) is 6.00. The van der Waals surface area contributed by atoms with Crippen molar-refractivity contribution in [1.82, 2.24) is 5.32 Å². The SMILES string of the molecule is CNC1CCN(c2cc(F)ccc2Br)C(C)C1. The summed E-state index contributed by atoms with van der Waals surface area (Å²) in [6.07, 6.45) is 2.20. The smallest absolute Gasteiger partial charge is 0.125 e. The maximum Gasteiger partial charge on any atom is 0.125 e. The third-order valence-corrected chi connectivity index (χ3v) is 4.17. The Hall–Kier alpha value is -0.610. The number of rotatable bonds is 2. The molecule has 1 heterocycles. The number of halogens is 2. The van der Waals surface area contributed by atoms with E-state index >= 15 is 0 Å². The molecule has 2 nitrogen and oxygen atoms in total. The van der Waals surface area contributed by atoms with Crippen LogP contribution in [0, 0.1) is 5.82 Å². The molecule has 2 atom stereocenters. The summed E-state index contributed by atoms with van der Waals surface area (Å²) in [5, 5.41) is 3.32. The van der Waals surface area contributed by atoms with Crippen LogP contribution in [0.2, 0.25) is 0 Å². The second kappa shape index (κ2) is 5.36. The van der Waals surface area contributed by atoms with E-state index in [9.17, 15) is 4.39 Å². The normalized spacial score (nSPS) is 25.1. The lowest BCUT2D eigenvalue weighted by Crippen LogP contribution is -2.46. The molecule has 0 spiro atoms. The van der Waals surface area contributed by atoms with E-state index in [0.717, 1.165) is 29.5 Å². The maximum absolute atomic E-state index is 13.3. The molecule has 2 unspecified atom stereocenters. The second-order valence-electron chi connectivity index (χ2n) is 4.65. The zero-order valence-corrected chi connectivity index (χ0v) is 11.8. The Bertz CT molecular complexity index is 397. The molecule has 1 aliphatic heterocycles. The molecule has 1 aromatic carbocycles. The van der Waals surface area contributed by atoms with Gasteiger partial charge >= 0.3 is 0 Å². The van der Waals surface area contributed by atoms with Crippen LogP contribution in [-0.2, 0) is 0 Å². The molecule has 1 aromatic rings. The molecule has 94 valence electrons. The molecule has 4 heteroatoms. The highest BCUT2D eigenvalue weighted by molar-refractivity contribution is 9.10. The van der Waals surface area contributed by atoms with Crippen molar-refractivity contribution in [3.8, 4) is 0 Å². The highest BCUT2D eigenvalue weighted by atomic mass is 79.9. The summed E-state index contributed by atoms with van der Waals surface area (Å²) in [6.45, 7) is 3.16. The van der Waals surface area contributed by atoms with Crippen molar-refractivity contribution >= 4 is 21.6 Å². The van der Waals surface area contributed by atoms with E-state index in [2.05, 4.69) is 33.1 Å². The predicted octanol–water partition coefficient (Wildman–Crippen LogP) is 3.16. The van der Waals surface area contributed by atoms with Crippen molar-refractivity contribution in [2.75, 3.05) is 18.5 Å². The number of hydrogen-bond acceptors (Lipinski definition) is 2. The third-order valence-electron chi connectivity index (χ3n) is 3.50. The summed E-state index contributed by atoms with van der Waals surface area (Å²) < 4.78 is 14.3. The van der Waals surface area contributed by atoms with Crippen molar-refractivity contribution < 1.29 is 4.39 Å². The van der Waals surface area contributed by atoms with E-state index in [1.807, 2.05) is 7.05 Å². The van der Waals surface area contributed by atoms with Gasteiger partial charge in [0.25, 0.3) is 0 Å². The topological polar surface area (TPSA) is 15.3 Å². The van der Waals surface area contributed by atoms with Crippen LogP contribution in [0.4, 0.5) is 10.1 Å². The van der Waals surface area contributed by atoms with Gasteiger partial charge in [-0.3, -0.25) is 0 Å². The van der Waals surface area contributed by atoms with E-state index in [1.54, 1.807) is 12.1 Å². The molecule has 0 aliphatic carbocycles. The van der Waals surface area contributed by atoms with Gasteiger partial charge in [0.2, 0.25) is 0 Å². The van der Waals surface area contributed by atoms with Crippen molar-refractivity contribution in [1.29, 1.82) is 0 Å². The molecule has 17 heavy (non-hydrogen) atoms. The molecule has 0 radical (unpaired) electrons. The molecule has 1 N–H and O–H groups in total. The molecule has 2 rings (SSSR count). The minimum Gasteiger partial charge on any atom is -0.368 e. The van der Waals surface area contributed by atoms with Gasteiger partial charge in [-0.15, -0.1) is 0 Å². The molecule has 0 amide bonds.